The van der Waals surface area contributed by atoms with Gasteiger partial charge in [0.05, 0.1) is 5.69 Å². The lowest BCUT2D eigenvalue weighted by molar-refractivity contribution is 0.102. The van der Waals surface area contributed by atoms with E-state index in [9.17, 15) is 14.0 Å². The third-order valence-electron chi connectivity index (χ3n) is 3.05. The van der Waals surface area contributed by atoms with Gasteiger partial charge in [-0.15, -0.1) is 0 Å². The van der Waals surface area contributed by atoms with Crippen molar-refractivity contribution in [3.8, 4) is 0 Å². The third-order valence-corrected chi connectivity index (χ3v) is 3.28. The molecule has 22 heavy (non-hydrogen) atoms. The average Bonchev–Trinajstić information content (AvgIpc) is 2.86. The first-order valence-corrected chi connectivity index (χ1v) is 6.67. The summed E-state index contributed by atoms with van der Waals surface area (Å²) in [7, 11) is 0. The van der Waals surface area contributed by atoms with Crippen molar-refractivity contribution in [2.45, 2.75) is 6.92 Å². The zero-order valence-electron chi connectivity index (χ0n) is 11.4. The zero-order chi connectivity index (χ0) is 15.9. The summed E-state index contributed by atoms with van der Waals surface area (Å²) in [6, 6.07) is 5.25. The number of hydrogen-bond acceptors (Lipinski definition) is 3. The van der Waals surface area contributed by atoms with Gasteiger partial charge in [0.1, 0.15) is 11.4 Å². The van der Waals surface area contributed by atoms with Crippen LogP contribution >= 0.6 is 11.6 Å². The van der Waals surface area contributed by atoms with Crippen LogP contribution in [0.3, 0.4) is 0 Å². The van der Waals surface area contributed by atoms with Gasteiger partial charge in [-0.3, -0.25) is 14.7 Å². The Morgan fingerprint density at radius 1 is 1.41 bits per heavy atom. The van der Waals surface area contributed by atoms with Gasteiger partial charge in [0.15, 0.2) is 5.65 Å². The molecule has 0 bridgehead atoms. The van der Waals surface area contributed by atoms with E-state index >= 15 is 0 Å². The van der Waals surface area contributed by atoms with Gasteiger partial charge in [-0.05, 0) is 25.1 Å². The smallest absolute Gasteiger partial charge is 0.272 e. The predicted molar refractivity (Wildman–Crippen MR) is 79.9 cm³/mol. The molecule has 0 aliphatic rings. The number of aryl methyl sites for hydroxylation is 1. The molecule has 3 rings (SSSR count). The van der Waals surface area contributed by atoms with Crippen LogP contribution in [0.5, 0.6) is 0 Å². The molecule has 1 amide bonds. The first-order chi connectivity index (χ1) is 10.5. The van der Waals surface area contributed by atoms with Crippen LogP contribution in [0.2, 0.25) is 5.02 Å². The average molecular weight is 321 g/mol. The van der Waals surface area contributed by atoms with E-state index in [2.05, 4.69) is 15.4 Å². The zero-order valence-corrected chi connectivity index (χ0v) is 12.1. The third kappa shape index (κ3) is 2.46. The summed E-state index contributed by atoms with van der Waals surface area (Å²) in [5.41, 5.74) is 0.450. The molecule has 0 spiro atoms. The number of rotatable bonds is 2. The Bertz CT molecular complexity index is 948. The molecule has 0 saturated heterocycles. The van der Waals surface area contributed by atoms with Crippen molar-refractivity contribution >= 4 is 28.8 Å². The summed E-state index contributed by atoms with van der Waals surface area (Å²) in [5.74, 6) is -1.24. The van der Waals surface area contributed by atoms with Crippen LogP contribution in [-0.4, -0.2) is 20.5 Å². The maximum Gasteiger partial charge on any atom is 0.272 e. The van der Waals surface area contributed by atoms with Gasteiger partial charge >= 0.3 is 0 Å². The topological polar surface area (TPSA) is 79.3 Å². The first-order valence-electron chi connectivity index (χ1n) is 6.30. The number of halogens is 2. The molecule has 0 fully saturated rings. The van der Waals surface area contributed by atoms with Gasteiger partial charge in [-0.25, -0.2) is 13.9 Å². The number of hydrogen-bond donors (Lipinski definition) is 2. The fraction of sp³-hybridized carbons (Fsp3) is 0.0714. The molecule has 2 heterocycles. The fourth-order valence-electron chi connectivity index (χ4n) is 2.04. The lowest BCUT2D eigenvalue weighted by Crippen LogP contribution is -2.17. The molecule has 0 saturated carbocycles. The second kappa shape index (κ2) is 5.27. The number of benzene rings is 1. The van der Waals surface area contributed by atoms with E-state index in [0.29, 0.717) is 5.69 Å². The molecule has 8 heteroatoms. The number of nitrogens with zero attached hydrogens (tertiary/aromatic N) is 2. The van der Waals surface area contributed by atoms with Crippen molar-refractivity contribution in [3.63, 3.8) is 0 Å². The number of fused-ring (bicyclic) bond motifs is 1. The molecule has 1 aromatic carbocycles. The summed E-state index contributed by atoms with van der Waals surface area (Å²) in [6.45, 7) is 1.65. The number of carbonyl (C=O) groups excluding carboxylic acids is 1. The minimum atomic E-state index is -0.651. The molecule has 0 radical (unpaired) electrons. The molecular weight excluding hydrogens is 311 g/mol. The number of carbonyl (C=O) groups is 1. The van der Waals surface area contributed by atoms with Crippen molar-refractivity contribution in [3.05, 3.63) is 62.9 Å². The Morgan fingerprint density at radius 3 is 2.91 bits per heavy atom. The van der Waals surface area contributed by atoms with Crippen molar-refractivity contribution in [2.75, 3.05) is 5.32 Å². The lowest BCUT2D eigenvalue weighted by Gasteiger charge is -2.05. The van der Waals surface area contributed by atoms with E-state index in [1.165, 1.54) is 24.4 Å². The molecule has 3 aromatic rings. The highest BCUT2D eigenvalue weighted by molar-refractivity contribution is 6.30. The summed E-state index contributed by atoms with van der Waals surface area (Å²) in [5, 5.41) is 5.29. The Labute approximate surface area is 128 Å². The number of aromatic amines is 1. The normalized spacial score (nSPS) is 10.9. The summed E-state index contributed by atoms with van der Waals surface area (Å²) in [6.07, 6.45) is 1.34. The highest BCUT2D eigenvalue weighted by Crippen LogP contribution is 2.20. The van der Waals surface area contributed by atoms with Crippen LogP contribution in [0.15, 0.2) is 35.3 Å². The molecule has 0 atom stereocenters. The highest BCUT2D eigenvalue weighted by Gasteiger charge is 2.16. The van der Waals surface area contributed by atoms with Gasteiger partial charge in [-0.2, -0.15) is 0 Å². The Hall–Kier alpha value is -2.67. The van der Waals surface area contributed by atoms with E-state index in [4.69, 9.17) is 11.6 Å². The molecule has 0 aliphatic heterocycles. The Kier molecular flexibility index (Phi) is 3.42. The maximum atomic E-state index is 13.7. The number of anilines is 1. The van der Waals surface area contributed by atoms with E-state index < -0.39 is 11.7 Å². The molecule has 112 valence electrons. The second-order valence-electron chi connectivity index (χ2n) is 4.66. The lowest BCUT2D eigenvalue weighted by atomic mass is 10.2. The van der Waals surface area contributed by atoms with E-state index in [1.54, 1.807) is 6.92 Å². The summed E-state index contributed by atoms with van der Waals surface area (Å²) in [4.78, 5) is 28.2. The maximum absolute atomic E-state index is 13.7. The molecule has 6 nitrogen and oxygen atoms in total. The van der Waals surface area contributed by atoms with Crippen molar-refractivity contribution in [2.24, 2.45) is 0 Å². The van der Waals surface area contributed by atoms with Crippen LogP contribution < -0.4 is 10.9 Å². The van der Waals surface area contributed by atoms with Gasteiger partial charge in [0, 0.05) is 23.0 Å². The quantitative estimate of drug-likeness (QED) is 0.761. The summed E-state index contributed by atoms with van der Waals surface area (Å²) < 4.78 is 14.9. The molecule has 0 aliphatic carbocycles. The fourth-order valence-corrected chi connectivity index (χ4v) is 2.20. The van der Waals surface area contributed by atoms with Gasteiger partial charge in [0.25, 0.3) is 11.5 Å². The number of H-pyrrole nitrogens is 1. The van der Waals surface area contributed by atoms with Gasteiger partial charge < -0.3 is 5.32 Å². The first kappa shape index (κ1) is 14.3. The molecule has 0 unspecified atom stereocenters. The van der Waals surface area contributed by atoms with E-state index in [1.807, 2.05) is 0 Å². The van der Waals surface area contributed by atoms with E-state index in [0.717, 1.165) is 10.6 Å². The minimum absolute atomic E-state index is 0.0104. The van der Waals surface area contributed by atoms with Gasteiger partial charge in [0.2, 0.25) is 0 Å². The van der Waals surface area contributed by atoms with Crippen LogP contribution in [0, 0.1) is 12.7 Å². The standard InChI is InChI=1S/C14H10ClFN4O2/c1-7-4-12(21)20-13(18-7)9(6-17-20)14(22)19-11-3-2-8(15)5-10(11)16/h2-6,17H,1H3,(H,19,22). The Balaban J connectivity index is 2.01. The predicted octanol–water partition coefficient (Wildman–Crippen LogP) is 2.38. The highest BCUT2D eigenvalue weighted by atomic mass is 35.5. The molecule has 2 N–H and O–H groups in total. The number of aromatic nitrogens is 3. The van der Waals surface area contributed by atoms with Crippen LogP contribution in [0.25, 0.3) is 5.65 Å². The largest absolute Gasteiger partial charge is 0.319 e. The molecule has 2 aromatic heterocycles. The van der Waals surface area contributed by atoms with Crippen LogP contribution in [0.1, 0.15) is 16.1 Å². The summed E-state index contributed by atoms with van der Waals surface area (Å²) >= 11 is 5.66. The van der Waals surface area contributed by atoms with Crippen LogP contribution in [-0.2, 0) is 0 Å². The molecular formula is C14H10ClFN4O2. The van der Waals surface area contributed by atoms with Crippen LogP contribution in [0.4, 0.5) is 10.1 Å². The van der Waals surface area contributed by atoms with E-state index in [-0.39, 0.29) is 27.5 Å². The monoisotopic (exact) mass is 320 g/mol. The number of nitrogens with one attached hydrogen (secondary N) is 2. The van der Waals surface area contributed by atoms with Gasteiger partial charge in [-0.1, -0.05) is 11.6 Å². The van der Waals surface area contributed by atoms with Crippen molar-refractivity contribution in [1.29, 1.82) is 0 Å². The van der Waals surface area contributed by atoms with Crippen molar-refractivity contribution in [1.82, 2.24) is 14.6 Å². The second-order valence-corrected chi connectivity index (χ2v) is 5.10. The Morgan fingerprint density at radius 2 is 2.18 bits per heavy atom. The number of amides is 1. The van der Waals surface area contributed by atoms with Crippen molar-refractivity contribution < 1.29 is 9.18 Å². The minimum Gasteiger partial charge on any atom is -0.319 e. The SMILES string of the molecule is Cc1cc(=O)n2[nH]cc(C(=O)Nc3ccc(Cl)cc3F)c2n1.